The van der Waals surface area contributed by atoms with Crippen LogP contribution in [0.3, 0.4) is 0 Å². The van der Waals surface area contributed by atoms with Crippen molar-refractivity contribution in [3.05, 3.63) is 35.5 Å². The molecule has 0 aliphatic carbocycles. The average Bonchev–Trinajstić information content (AvgIpc) is 2.33. The number of thiophene rings is 1. The highest BCUT2D eigenvalue weighted by atomic mass is 32.1. The van der Waals surface area contributed by atoms with Crippen LogP contribution in [0.4, 0.5) is 4.39 Å². The first kappa shape index (κ1) is 5.86. The quantitative estimate of drug-likeness (QED) is 0.543. The van der Waals surface area contributed by atoms with Crippen molar-refractivity contribution in [2.24, 2.45) is 0 Å². The molecule has 0 unspecified atom stereocenters. The van der Waals surface area contributed by atoms with Crippen molar-refractivity contribution in [2.75, 3.05) is 0 Å². The Labute approximate surface area is 61.9 Å². The molecule has 1 aromatic heterocycles. The molecule has 2 aromatic rings. The molecule has 2 heteroatoms. The predicted octanol–water partition coefficient (Wildman–Crippen LogP) is 2.84. The largest absolute Gasteiger partial charge is 0.206 e. The topological polar surface area (TPSA) is 0 Å². The minimum Gasteiger partial charge on any atom is -0.206 e. The van der Waals surface area contributed by atoms with Crippen LogP contribution in [-0.4, -0.2) is 0 Å². The van der Waals surface area contributed by atoms with E-state index in [0.717, 1.165) is 10.1 Å². The lowest BCUT2D eigenvalue weighted by molar-refractivity contribution is 0.628. The predicted molar refractivity (Wildman–Crippen MR) is 40.6 cm³/mol. The van der Waals surface area contributed by atoms with E-state index < -0.39 is 0 Å². The first-order valence-electron chi connectivity index (χ1n) is 2.91. The molecule has 0 fully saturated rings. The average molecular weight is 151 g/mol. The highest BCUT2D eigenvalue weighted by molar-refractivity contribution is 7.17. The second kappa shape index (κ2) is 2.06. The van der Waals surface area contributed by atoms with Gasteiger partial charge in [0.15, 0.2) is 0 Å². The molecule has 0 nitrogen and oxygen atoms in total. The molecule has 0 spiro atoms. The summed E-state index contributed by atoms with van der Waals surface area (Å²) in [5.41, 5.74) is 0. The summed E-state index contributed by atoms with van der Waals surface area (Å²) in [6, 6.07) is 7.76. The smallest absolute Gasteiger partial charge is 0.132 e. The third-order valence-corrected chi connectivity index (χ3v) is 2.18. The van der Waals surface area contributed by atoms with E-state index in [9.17, 15) is 4.39 Å². The zero-order valence-electron chi connectivity index (χ0n) is 5.10. The molecular weight excluding hydrogens is 147 g/mol. The molecule has 2 rings (SSSR count). The third-order valence-electron chi connectivity index (χ3n) is 1.34. The summed E-state index contributed by atoms with van der Waals surface area (Å²) in [7, 11) is 0. The van der Waals surface area contributed by atoms with Crippen LogP contribution in [0.1, 0.15) is 0 Å². The maximum Gasteiger partial charge on any atom is 0.132 e. The van der Waals surface area contributed by atoms with Crippen LogP contribution in [0, 0.1) is 11.9 Å². The Hall–Kier alpha value is -0.890. The van der Waals surface area contributed by atoms with Crippen LogP contribution in [-0.2, 0) is 0 Å². The van der Waals surface area contributed by atoms with E-state index in [1.165, 1.54) is 17.4 Å². The standard InChI is InChI=1S/C8H4FS/c9-7-2-1-6-3-4-10-8(6)5-7/h1-4H. The van der Waals surface area contributed by atoms with Gasteiger partial charge >= 0.3 is 0 Å². The lowest BCUT2D eigenvalue weighted by atomic mass is 10.3. The first-order valence-corrected chi connectivity index (χ1v) is 3.79. The summed E-state index contributed by atoms with van der Waals surface area (Å²) in [6.45, 7) is 0. The molecule has 1 aromatic carbocycles. The van der Waals surface area contributed by atoms with Gasteiger partial charge in [-0.25, -0.2) is 4.39 Å². The van der Waals surface area contributed by atoms with Crippen molar-refractivity contribution < 1.29 is 4.39 Å². The molecule has 1 heterocycles. The van der Waals surface area contributed by atoms with Gasteiger partial charge in [0, 0.05) is 10.8 Å². The normalized spacial score (nSPS) is 10.5. The van der Waals surface area contributed by atoms with Crippen molar-refractivity contribution in [1.29, 1.82) is 0 Å². The molecule has 49 valence electrons. The number of rotatable bonds is 0. The number of halogens is 1. The number of benzene rings is 1. The van der Waals surface area contributed by atoms with Gasteiger partial charge in [0.25, 0.3) is 0 Å². The van der Waals surface area contributed by atoms with Gasteiger partial charge in [0.1, 0.15) is 5.82 Å². The second-order valence-corrected chi connectivity index (χ2v) is 2.93. The van der Waals surface area contributed by atoms with Gasteiger partial charge in [0.2, 0.25) is 0 Å². The van der Waals surface area contributed by atoms with E-state index in [4.69, 9.17) is 0 Å². The van der Waals surface area contributed by atoms with Gasteiger partial charge in [-0.2, -0.15) is 0 Å². The first-order chi connectivity index (χ1) is 4.86. The SMILES string of the molecule is Fc1[c]c2sccc2cc1. The fraction of sp³-hybridized carbons (Fsp3) is 0. The van der Waals surface area contributed by atoms with Crippen LogP contribution >= 0.6 is 11.3 Å². The Bertz CT molecular complexity index is 351. The highest BCUT2D eigenvalue weighted by Gasteiger charge is 1.95. The van der Waals surface area contributed by atoms with Crippen molar-refractivity contribution in [3.8, 4) is 0 Å². The van der Waals surface area contributed by atoms with Crippen LogP contribution < -0.4 is 0 Å². The van der Waals surface area contributed by atoms with E-state index in [2.05, 4.69) is 6.07 Å². The molecule has 0 aliphatic heterocycles. The second-order valence-electron chi connectivity index (χ2n) is 2.01. The van der Waals surface area contributed by atoms with Gasteiger partial charge in [-0.05, 0) is 22.9 Å². The molecule has 1 radical (unpaired) electrons. The number of hydrogen-bond donors (Lipinski definition) is 0. The summed E-state index contributed by atoms with van der Waals surface area (Å²) in [4.78, 5) is 0. The molecular formula is C8H4FS. The lowest BCUT2D eigenvalue weighted by Gasteiger charge is -1.85. The van der Waals surface area contributed by atoms with Crippen LogP contribution in [0.2, 0.25) is 0 Å². The van der Waals surface area contributed by atoms with Gasteiger partial charge in [-0.3, -0.25) is 0 Å². The van der Waals surface area contributed by atoms with Crippen molar-refractivity contribution in [2.45, 2.75) is 0 Å². The minimum atomic E-state index is -0.282. The Kier molecular flexibility index (Phi) is 1.21. The zero-order chi connectivity index (χ0) is 6.97. The zero-order valence-corrected chi connectivity index (χ0v) is 5.91. The van der Waals surface area contributed by atoms with Crippen molar-refractivity contribution in [3.63, 3.8) is 0 Å². The molecule has 0 saturated heterocycles. The summed E-state index contributed by atoms with van der Waals surface area (Å²) >= 11 is 1.51. The van der Waals surface area contributed by atoms with E-state index in [0.29, 0.717) is 0 Å². The van der Waals surface area contributed by atoms with E-state index in [1.807, 2.05) is 11.4 Å². The van der Waals surface area contributed by atoms with E-state index in [1.54, 1.807) is 6.07 Å². The van der Waals surface area contributed by atoms with Gasteiger partial charge in [-0.1, -0.05) is 6.07 Å². The molecule has 0 N–H and O–H groups in total. The highest BCUT2D eigenvalue weighted by Crippen LogP contribution is 2.20. The monoisotopic (exact) mass is 151 g/mol. The van der Waals surface area contributed by atoms with Gasteiger partial charge in [0.05, 0.1) is 0 Å². The molecule has 0 atom stereocenters. The van der Waals surface area contributed by atoms with Crippen LogP contribution in [0.5, 0.6) is 0 Å². The molecule has 0 saturated carbocycles. The maximum absolute atomic E-state index is 12.5. The Morgan fingerprint density at radius 1 is 1.30 bits per heavy atom. The summed E-state index contributed by atoms with van der Waals surface area (Å²) < 4.78 is 13.4. The summed E-state index contributed by atoms with van der Waals surface area (Å²) in [5.74, 6) is -0.282. The summed E-state index contributed by atoms with van der Waals surface area (Å²) in [5, 5.41) is 2.99. The van der Waals surface area contributed by atoms with Crippen LogP contribution in [0.25, 0.3) is 10.1 Å². The lowest BCUT2D eigenvalue weighted by Crippen LogP contribution is -1.69. The molecule has 0 bridgehead atoms. The fourth-order valence-corrected chi connectivity index (χ4v) is 1.64. The van der Waals surface area contributed by atoms with Crippen molar-refractivity contribution >= 4 is 21.4 Å². The Balaban J connectivity index is 2.86. The summed E-state index contributed by atoms with van der Waals surface area (Å²) in [6.07, 6.45) is 0. The Morgan fingerprint density at radius 2 is 2.20 bits per heavy atom. The van der Waals surface area contributed by atoms with Gasteiger partial charge < -0.3 is 0 Å². The Morgan fingerprint density at radius 3 is 3.10 bits per heavy atom. The fourth-order valence-electron chi connectivity index (χ4n) is 0.865. The number of hydrogen-bond acceptors (Lipinski definition) is 1. The van der Waals surface area contributed by atoms with E-state index >= 15 is 0 Å². The van der Waals surface area contributed by atoms with Gasteiger partial charge in [-0.15, -0.1) is 11.3 Å². The molecule has 0 amide bonds. The maximum atomic E-state index is 12.5. The van der Waals surface area contributed by atoms with Crippen LogP contribution in [0.15, 0.2) is 23.6 Å². The molecule has 0 aliphatic rings. The van der Waals surface area contributed by atoms with Crippen molar-refractivity contribution in [1.82, 2.24) is 0 Å². The third kappa shape index (κ3) is 0.809. The van der Waals surface area contributed by atoms with E-state index in [-0.39, 0.29) is 5.82 Å². The minimum absolute atomic E-state index is 0.282. The molecule has 10 heavy (non-hydrogen) atoms. The number of fused-ring (bicyclic) bond motifs is 1.